The third-order valence-electron chi connectivity index (χ3n) is 2.85. The molecule has 1 atom stereocenters. The molecule has 0 radical (unpaired) electrons. The molecule has 1 N–H and O–H groups in total. The first-order chi connectivity index (χ1) is 8.51. The number of amides is 1. The lowest BCUT2D eigenvalue weighted by Gasteiger charge is -2.19. The van der Waals surface area contributed by atoms with E-state index in [9.17, 15) is 14.0 Å². The largest absolute Gasteiger partial charge is 0.480 e. The van der Waals surface area contributed by atoms with Gasteiger partial charge in [-0.1, -0.05) is 26.2 Å². The lowest BCUT2D eigenvalue weighted by atomic mass is 10.1. The van der Waals surface area contributed by atoms with Crippen molar-refractivity contribution < 1.29 is 19.1 Å². The standard InChI is InChI=1S/C13H24FNO3/c1-3-5-6-7-11(14)8-9-12(16)15(4-2)10-13(17)18/h11H,3-10H2,1-2H3,(H,17,18). The van der Waals surface area contributed by atoms with E-state index in [1.54, 1.807) is 6.92 Å². The number of alkyl halides is 1. The van der Waals surface area contributed by atoms with Crippen molar-refractivity contribution in [1.29, 1.82) is 0 Å². The first-order valence-electron chi connectivity index (χ1n) is 6.64. The number of likely N-dealkylation sites (N-methyl/N-ethyl adjacent to an activating group) is 1. The highest BCUT2D eigenvalue weighted by Crippen LogP contribution is 2.12. The molecule has 0 saturated heterocycles. The minimum atomic E-state index is -1.04. The van der Waals surface area contributed by atoms with E-state index in [0.717, 1.165) is 19.3 Å². The normalized spacial score (nSPS) is 12.2. The van der Waals surface area contributed by atoms with Crippen LogP contribution in [0.25, 0.3) is 0 Å². The molecule has 1 amide bonds. The minimum Gasteiger partial charge on any atom is -0.480 e. The van der Waals surface area contributed by atoms with Crippen LogP contribution in [0.5, 0.6) is 0 Å². The predicted octanol–water partition coefficient (Wildman–Crippen LogP) is 2.62. The molecule has 106 valence electrons. The van der Waals surface area contributed by atoms with Crippen LogP contribution in [0.2, 0.25) is 0 Å². The Morgan fingerprint density at radius 2 is 1.89 bits per heavy atom. The molecule has 18 heavy (non-hydrogen) atoms. The highest BCUT2D eigenvalue weighted by molar-refractivity contribution is 5.81. The van der Waals surface area contributed by atoms with Crippen LogP contribution in [0.4, 0.5) is 4.39 Å². The summed E-state index contributed by atoms with van der Waals surface area (Å²) in [6, 6.07) is 0. The molecule has 0 fully saturated rings. The SMILES string of the molecule is CCCCCC(F)CCC(=O)N(CC)CC(=O)O. The predicted molar refractivity (Wildman–Crippen MR) is 68.2 cm³/mol. The number of carboxylic acid groups (broad SMARTS) is 1. The van der Waals surface area contributed by atoms with E-state index in [4.69, 9.17) is 5.11 Å². The third kappa shape index (κ3) is 8.03. The van der Waals surface area contributed by atoms with Gasteiger partial charge in [-0.25, -0.2) is 4.39 Å². The molecule has 0 aromatic carbocycles. The molecule has 0 spiro atoms. The van der Waals surface area contributed by atoms with Crippen molar-refractivity contribution in [3.63, 3.8) is 0 Å². The Morgan fingerprint density at radius 1 is 1.22 bits per heavy atom. The minimum absolute atomic E-state index is 0.0917. The fourth-order valence-corrected chi connectivity index (χ4v) is 1.74. The van der Waals surface area contributed by atoms with Crippen LogP contribution in [0.3, 0.4) is 0 Å². The Hall–Kier alpha value is -1.13. The maximum absolute atomic E-state index is 13.4. The molecule has 0 aliphatic rings. The van der Waals surface area contributed by atoms with Crippen molar-refractivity contribution in [3.05, 3.63) is 0 Å². The Bertz CT molecular complexity index is 259. The van der Waals surface area contributed by atoms with E-state index in [-0.39, 0.29) is 25.3 Å². The molecule has 0 aliphatic heterocycles. The van der Waals surface area contributed by atoms with Crippen LogP contribution < -0.4 is 0 Å². The van der Waals surface area contributed by atoms with E-state index >= 15 is 0 Å². The number of hydrogen-bond acceptors (Lipinski definition) is 2. The van der Waals surface area contributed by atoms with Gasteiger partial charge in [0.1, 0.15) is 12.7 Å². The number of nitrogens with zero attached hydrogens (tertiary/aromatic N) is 1. The molecule has 1 unspecified atom stereocenters. The maximum Gasteiger partial charge on any atom is 0.323 e. The summed E-state index contributed by atoms with van der Waals surface area (Å²) >= 11 is 0. The quantitative estimate of drug-likeness (QED) is 0.615. The molecule has 5 heteroatoms. The number of carbonyl (C=O) groups is 2. The molecular weight excluding hydrogens is 237 g/mol. The number of halogens is 1. The summed E-state index contributed by atoms with van der Waals surface area (Å²) in [4.78, 5) is 23.4. The second-order valence-electron chi connectivity index (χ2n) is 4.43. The van der Waals surface area contributed by atoms with Crippen molar-refractivity contribution in [1.82, 2.24) is 4.90 Å². The van der Waals surface area contributed by atoms with Crippen molar-refractivity contribution in [2.24, 2.45) is 0 Å². The number of carboxylic acids is 1. The summed E-state index contributed by atoms with van der Waals surface area (Å²) in [5, 5.41) is 8.62. The first kappa shape index (κ1) is 16.9. The van der Waals surface area contributed by atoms with Gasteiger partial charge in [0.25, 0.3) is 0 Å². The summed E-state index contributed by atoms with van der Waals surface area (Å²) in [5.74, 6) is -1.32. The van der Waals surface area contributed by atoms with Crippen LogP contribution >= 0.6 is 0 Å². The van der Waals surface area contributed by atoms with Crippen LogP contribution in [0.1, 0.15) is 52.4 Å². The summed E-state index contributed by atoms with van der Waals surface area (Å²) < 4.78 is 13.4. The molecule has 0 bridgehead atoms. The monoisotopic (exact) mass is 261 g/mol. The number of hydrogen-bond donors (Lipinski definition) is 1. The fraction of sp³-hybridized carbons (Fsp3) is 0.846. The summed E-state index contributed by atoms with van der Waals surface area (Å²) in [5.41, 5.74) is 0. The second kappa shape index (κ2) is 9.85. The molecule has 0 aromatic heterocycles. The number of rotatable bonds is 10. The molecule has 0 heterocycles. The fourth-order valence-electron chi connectivity index (χ4n) is 1.74. The van der Waals surface area contributed by atoms with Gasteiger partial charge in [0.05, 0.1) is 0 Å². The molecular formula is C13H24FNO3. The first-order valence-corrected chi connectivity index (χ1v) is 6.64. The summed E-state index contributed by atoms with van der Waals surface area (Å²) in [7, 11) is 0. The average molecular weight is 261 g/mol. The van der Waals surface area contributed by atoms with Crippen LogP contribution in [0, 0.1) is 0 Å². The lowest BCUT2D eigenvalue weighted by Crippen LogP contribution is -2.35. The van der Waals surface area contributed by atoms with Crippen LogP contribution in [-0.2, 0) is 9.59 Å². The topological polar surface area (TPSA) is 57.6 Å². The van der Waals surface area contributed by atoms with Gasteiger partial charge in [-0.2, -0.15) is 0 Å². The molecule has 0 saturated carbocycles. The van der Waals surface area contributed by atoms with Crippen molar-refractivity contribution in [2.45, 2.75) is 58.5 Å². The zero-order valence-corrected chi connectivity index (χ0v) is 11.3. The molecule has 0 aromatic rings. The zero-order chi connectivity index (χ0) is 14.0. The van der Waals surface area contributed by atoms with Gasteiger partial charge < -0.3 is 10.0 Å². The highest BCUT2D eigenvalue weighted by Gasteiger charge is 2.16. The molecule has 0 aliphatic carbocycles. The number of aliphatic carboxylic acids is 1. The van der Waals surface area contributed by atoms with Gasteiger partial charge in [-0.05, 0) is 19.8 Å². The molecule has 4 nitrogen and oxygen atoms in total. The Morgan fingerprint density at radius 3 is 2.39 bits per heavy atom. The van der Waals surface area contributed by atoms with E-state index in [1.807, 2.05) is 0 Å². The van der Waals surface area contributed by atoms with Gasteiger partial charge in [-0.15, -0.1) is 0 Å². The van der Waals surface area contributed by atoms with Gasteiger partial charge in [0.15, 0.2) is 0 Å². The Labute approximate surface area is 108 Å². The number of unbranched alkanes of at least 4 members (excludes halogenated alkanes) is 2. The van der Waals surface area contributed by atoms with Gasteiger partial charge in [0.2, 0.25) is 5.91 Å². The summed E-state index contributed by atoms with van der Waals surface area (Å²) in [6.45, 7) is 3.82. The van der Waals surface area contributed by atoms with E-state index in [2.05, 4.69) is 6.92 Å². The van der Waals surface area contributed by atoms with Gasteiger partial charge in [-0.3, -0.25) is 9.59 Å². The lowest BCUT2D eigenvalue weighted by molar-refractivity contribution is -0.144. The average Bonchev–Trinajstić information content (AvgIpc) is 2.33. The molecule has 0 rings (SSSR count). The van der Waals surface area contributed by atoms with Crippen molar-refractivity contribution in [3.8, 4) is 0 Å². The van der Waals surface area contributed by atoms with Gasteiger partial charge in [0, 0.05) is 13.0 Å². The highest BCUT2D eigenvalue weighted by atomic mass is 19.1. The van der Waals surface area contributed by atoms with Crippen molar-refractivity contribution in [2.75, 3.05) is 13.1 Å². The zero-order valence-electron chi connectivity index (χ0n) is 11.3. The third-order valence-corrected chi connectivity index (χ3v) is 2.85. The smallest absolute Gasteiger partial charge is 0.323 e. The Balaban J connectivity index is 3.88. The van der Waals surface area contributed by atoms with E-state index in [0.29, 0.717) is 13.0 Å². The van der Waals surface area contributed by atoms with Crippen LogP contribution in [0.15, 0.2) is 0 Å². The maximum atomic E-state index is 13.4. The van der Waals surface area contributed by atoms with E-state index < -0.39 is 12.1 Å². The summed E-state index contributed by atoms with van der Waals surface area (Å²) in [6.07, 6.45) is 2.73. The Kier molecular flexibility index (Phi) is 9.24. The second-order valence-corrected chi connectivity index (χ2v) is 4.43. The van der Waals surface area contributed by atoms with Crippen molar-refractivity contribution >= 4 is 11.9 Å². The van der Waals surface area contributed by atoms with E-state index in [1.165, 1.54) is 4.90 Å². The van der Waals surface area contributed by atoms with Gasteiger partial charge >= 0.3 is 5.97 Å². The van der Waals surface area contributed by atoms with Crippen LogP contribution in [-0.4, -0.2) is 41.1 Å². The number of carbonyl (C=O) groups excluding carboxylic acids is 1.